The number of carbonyl (C=O) groups is 1. The molecule has 2 rings (SSSR count). The molecule has 2 aromatic rings. The number of carbonyl (C=O) groups excluding carboxylic acids is 1. The molecule has 8 nitrogen and oxygen atoms in total. The average Bonchev–Trinajstić information content (AvgIpc) is 2.65. The van der Waals surface area contributed by atoms with Crippen LogP contribution >= 0.6 is 0 Å². The highest BCUT2D eigenvalue weighted by Gasteiger charge is 2.30. The summed E-state index contributed by atoms with van der Waals surface area (Å²) in [6.45, 7) is -0.727. The highest BCUT2D eigenvalue weighted by atomic mass is 32.2. The lowest BCUT2D eigenvalue weighted by atomic mass is 10.2. The number of nitrogens with zero attached hydrogens (tertiary/aromatic N) is 2. The maximum absolute atomic E-state index is 12.8. The smallest absolute Gasteiger partial charge is 0.325 e. The van der Waals surface area contributed by atoms with Gasteiger partial charge in [-0.2, -0.15) is 13.2 Å². The van der Waals surface area contributed by atoms with Crippen molar-refractivity contribution >= 4 is 37.3 Å². The molecule has 0 spiro atoms. The van der Waals surface area contributed by atoms with Crippen LogP contribution in [0.2, 0.25) is 0 Å². The third-order valence-corrected chi connectivity index (χ3v) is 7.03. The first-order valence-corrected chi connectivity index (χ1v) is 11.9. The molecule has 13 heteroatoms. The van der Waals surface area contributed by atoms with Crippen molar-refractivity contribution in [2.24, 2.45) is 0 Å². The number of halogens is 3. The van der Waals surface area contributed by atoms with E-state index in [1.807, 2.05) is 0 Å². The minimum atomic E-state index is -4.60. The number of hydrogen-bond donors (Lipinski definition) is 1. The van der Waals surface area contributed by atoms with E-state index in [-0.39, 0.29) is 16.3 Å². The summed E-state index contributed by atoms with van der Waals surface area (Å²) in [5, 5.41) is 2.23. The van der Waals surface area contributed by atoms with Crippen molar-refractivity contribution in [1.29, 1.82) is 0 Å². The van der Waals surface area contributed by atoms with Crippen LogP contribution in [0.4, 0.5) is 24.5 Å². The van der Waals surface area contributed by atoms with Crippen LogP contribution in [0.5, 0.6) is 0 Å². The van der Waals surface area contributed by atoms with Gasteiger partial charge in [-0.3, -0.25) is 9.10 Å². The molecule has 0 heterocycles. The zero-order valence-electron chi connectivity index (χ0n) is 16.7. The Labute approximate surface area is 178 Å². The van der Waals surface area contributed by atoms with Gasteiger partial charge in [0.15, 0.2) is 0 Å². The fourth-order valence-electron chi connectivity index (χ4n) is 2.50. The number of sulfonamides is 2. The Morgan fingerprint density at radius 1 is 1.00 bits per heavy atom. The van der Waals surface area contributed by atoms with E-state index in [4.69, 9.17) is 0 Å². The summed E-state index contributed by atoms with van der Waals surface area (Å²) in [4.78, 5) is 12.2. The molecule has 0 unspecified atom stereocenters. The summed E-state index contributed by atoms with van der Waals surface area (Å²) in [5.74, 6) is -0.880. The standard InChI is InChI=1S/C18H20F3N3O5S2/c1-23(2)31(28,29)16-9-7-15(8-10-16)24(30(3,26)27)12-17(25)22-14-6-4-5-13(11-14)18(19,20)21/h4-11H,12H2,1-3H3,(H,22,25). The normalized spacial score (nSPS) is 12.6. The largest absolute Gasteiger partial charge is 0.416 e. The zero-order chi connectivity index (χ0) is 23.6. The van der Waals surface area contributed by atoms with Gasteiger partial charge in [-0.25, -0.2) is 21.1 Å². The van der Waals surface area contributed by atoms with Crippen molar-refractivity contribution in [3.05, 3.63) is 54.1 Å². The van der Waals surface area contributed by atoms with Crippen LogP contribution < -0.4 is 9.62 Å². The lowest BCUT2D eigenvalue weighted by molar-refractivity contribution is -0.137. The second kappa shape index (κ2) is 8.85. The molecule has 1 amide bonds. The number of rotatable bonds is 7. The molecule has 0 atom stereocenters. The Balaban J connectivity index is 2.26. The molecule has 0 saturated carbocycles. The number of amides is 1. The summed E-state index contributed by atoms with van der Waals surface area (Å²) in [6, 6.07) is 8.71. The summed E-state index contributed by atoms with van der Waals surface area (Å²) in [6.07, 6.45) is -3.76. The topological polar surface area (TPSA) is 104 Å². The molecule has 0 aliphatic carbocycles. The molecule has 1 N–H and O–H groups in total. The molecule has 0 fully saturated rings. The van der Waals surface area contributed by atoms with E-state index in [0.29, 0.717) is 4.31 Å². The number of benzene rings is 2. The molecule has 0 aliphatic rings. The first-order chi connectivity index (χ1) is 14.1. The number of anilines is 2. The zero-order valence-corrected chi connectivity index (χ0v) is 18.3. The van der Waals surface area contributed by atoms with E-state index >= 15 is 0 Å². The fraction of sp³-hybridized carbons (Fsp3) is 0.278. The van der Waals surface area contributed by atoms with Crippen LogP contribution in [-0.2, 0) is 31.0 Å². The molecule has 31 heavy (non-hydrogen) atoms. The van der Waals surface area contributed by atoms with Gasteiger partial charge in [-0.1, -0.05) is 6.07 Å². The molecule has 0 radical (unpaired) electrons. The minimum Gasteiger partial charge on any atom is -0.325 e. The van der Waals surface area contributed by atoms with Crippen molar-refractivity contribution in [2.75, 3.05) is 36.5 Å². The highest BCUT2D eigenvalue weighted by molar-refractivity contribution is 7.92. The summed E-state index contributed by atoms with van der Waals surface area (Å²) in [7, 11) is -5.03. The molecular formula is C18H20F3N3O5S2. The molecule has 0 saturated heterocycles. The van der Waals surface area contributed by atoms with Gasteiger partial charge in [0, 0.05) is 19.8 Å². The van der Waals surface area contributed by atoms with Gasteiger partial charge in [0.1, 0.15) is 6.54 Å². The molecule has 2 aromatic carbocycles. The van der Waals surface area contributed by atoms with Gasteiger partial charge in [-0.15, -0.1) is 0 Å². The van der Waals surface area contributed by atoms with Gasteiger partial charge in [0.25, 0.3) is 0 Å². The lowest BCUT2D eigenvalue weighted by Crippen LogP contribution is -2.37. The Morgan fingerprint density at radius 2 is 1.58 bits per heavy atom. The Morgan fingerprint density at radius 3 is 2.06 bits per heavy atom. The van der Waals surface area contributed by atoms with Crippen LogP contribution in [0.25, 0.3) is 0 Å². The Kier molecular flexibility index (Phi) is 7.03. The lowest BCUT2D eigenvalue weighted by Gasteiger charge is -2.22. The number of hydrogen-bond acceptors (Lipinski definition) is 5. The fourth-order valence-corrected chi connectivity index (χ4v) is 4.26. The molecule has 0 aromatic heterocycles. The predicted octanol–water partition coefficient (Wildman–Crippen LogP) is 2.36. The van der Waals surface area contributed by atoms with Crippen molar-refractivity contribution in [1.82, 2.24) is 4.31 Å². The SMILES string of the molecule is CN(C)S(=O)(=O)c1ccc(N(CC(=O)Nc2cccc(C(F)(F)F)c2)S(C)(=O)=O)cc1. The third kappa shape index (κ3) is 6.18. The molecule has 170 valence electrons. The monoisotopic (exact) mass is 479 g/mol. The number of nitrogens with one attached hydrogen (secondary N) is 1. The Bertz CT molecular complexity index is 1160. The summed E-state index contributed by atoms with van der Waals surface area (Å²) >= 11 is 0. The first-order valence-electron chi connectivity index (χ1n) is 8.60. The van der Waals surface area contributed by atoms with Crippen LogP contribution in [0.3, 0.4) is 0 Å². The maximum atomic E-state index is 12.8. The second-order valence-corrected chi connectivity index (χ2v) is 10.7. The second-order valence-electron chi connectivity index (χ2n) is 6.68. The molecule has 0 bridgehead atoms. The van der Waals surface area contributed by atoms with E-state index in [1.54, 1.807) is 0 Å². The van der Waals surface area contributed by atoms with Gasteiger partial charge in [0.2, 0.25) is 26.0 Å². The van der Waals surface area contributed by atoms with E-state index in [2.05, 4.69) is 5.32 Å². The van der Waals surface area contributed by atoms with Crippen LogP contribution in [0, 0.1) is 0 Å². The Hall–Kier alpha value is -2.64. The molecular weight excluding hydrogens is 459 g/mol. The van der Waals surface area contributed by atoms with Gasteiger partial charge >= 0.3 is 6.18 Å². The van der Waals surface area contributed by atoms with Crippen molar-refractivity contribution in [3.63, 3.8) is 0 Å². The van der Waals surface area contributed by atoms with Crippen molar-refractivity contribution in [3.8, 4) is 0 Å². The first kappa shape index (κ1) is 24.6. The van der Waals surface area contributed by atoms with Gasteiger partial charge in [0.05, 0.1) is 22.4 Å². The highest BCUT2D eigenvalue weighted by Crippen LogP contribution is 2.30. The number of alkyl halides is 3. The summed E-state index contributed by atoms with van der Waals surface area (Å²) < 4.78 is 88.7. The average molecular weight is 480 g/mol. The predicted molar refractivity (Wildman–Crippen MR) is 110 cm³/mol. The van der Waals surface area contributed by atoms with E-state index in [9.17, 15) is 34.8 Å². The van der Waals surface area contributed by atoms with Gasteiger partial charge < -0.3 is 5.32 Å². The third-order valence-electron chi connectivity index (χ3n) is 4.06. The van der Waals surface area contributed by atoms with E-state index in [0.717, 1.165) is 28.8 Å². The van der Waals surface area contributed by atoms with Crippen molar-refractivity contribution in [2.45, 2.75) is 11.1 Å². The minimum absolute atomic E-state index is 0.0133. The van der Waals surface area contributed by atoms with Crippen LogP contribution in [-0.4, -0.2) is 53.9 Å². The molecule has 0 aliphatic heterocycles. The van der Waals surface area contributed by atoms with Crippen LogP contribution in [0.1, 0.15) is 5.56 Å². The van der Waals surface area contributed by atoms with E-state index < -0.39 is 44.2 Å². The maximum Gasteiger partial charge on any atom is 0.416 e. The van der Waals surface area contributed by atoms with Crippen molar-refractivity contribution < 1.29 is 34.8 Å². The van der Waals surface area contributed by atoms with Gasteiger partial charge in [-0.05, 0) is 42.5 Å². The summed E-state index contributed by atoms with van der Waals surface area (Å²) in [5.41, 5.74) is -1.11. The van der Waals surface area contributed by atoms with Crippen LogP contribution in [0.15, 0.2) is 53.4 Å². The van der Waals surface area contributed by atoms with E-state index in [1.165, 1.54) is 44.4 Å². The quantitative estimate of drug-likeness (QED) is 0.657.